The monoisotopic (exact) mass is 461 g/mol. The number of sulfone groups is 1. The van der Waals surface area contributed by atoms with Crippen molar-refractivity contribution in [3.05, 3.63) is 54.0 Å². The van der Waals surface area contributed by atoms with E-state index in [9.17, 15) is 36.6 Å². The van der Waals surface area contributed by atoms with Crippen molar-refractivity contribution in [1.29, 1.82) is 0 Å². The Morgan fingerprint density at radius 1 is 1.16 bits per heavy atom. The van der Waals surface area contributed by atoms with Gasteiger partial charge in [-0.25, -0.2) is 18.2 Å². The number of halogens is 3. The summed E-state index contributed by atoms with van der Waals surface area (Å²) in [4.78, 5) is 19.6. The zero-order chi connectivity index (χ0) is 22.8. The van der Waals surface area contributed by atoms with Crippen molar-refractivity contribution in [2.24, 2.45) is 0 Å². The van der Waals surface area contributed by atoms with E-state index < -0.39 is 63.4 Å². The van der Waals surface area contributed by atoms with Crippen LogP contribution in [0, 0.1) is 0 Å². The Balaban J connectivity index is 1.80. The SMILES string of the molecule is O=C(OCc1ccccc1)N1C[C@H](O)[C@H](O)[C@@H](S(=O)(=O)c2cncc(C(F)(F)F)n2)C1. The predicted molar refractivity (Wildman–Crippen MR) is 98.2 cm³/mol. The molecule has 0 spiro atoms. The summed E-state index contributed by atoms with van der Waals surface area (Å²) >= 11 is 0. The van der Waals surface area contributed by atoms with Gasteiger partial charge in [0.1, 0.15) is 18.0 Å². The molecule has 1 aromatic heterocycles. The van der Waals surface area contributed by atoms with Gasteiger partial charge in [-0.2, -0.15) is 13.2 Å². The molecule has 168 valence electrons. The van der Waals surface area contributed by atoms with E-state index in [1.54, 1.807) is 30.3 Å². The van der Waals surface area contributed by atoms with Gasteiger partial charge in [0, 0.05) is 6.54 Å². The van der Waals surface area contributed by atoms with Crippen LogP contribution in [0.25, 0.3) is 0 Å². The zero-order valence-corrected chi connectivity index (χ0v) is 16.6. The second-order valence-electron chi connectivity index (χ2n) is 6.83. The van der Waals surface area contributed by atoms with Crippen LogP contribution in [0.5, 0.6) is 0 Å². The van der Waals surface area contributed by atoms with Crippen molar-refractivity contribution in [3.8, 4) is 0 Å². The standard InChI is InChI=1S/C18H18F3N3O6S/c19-18(20,21)14-6-22-7-15(23-14)31(28,29)13-9-24(8-12(25)16(13)26)17(27)30-10-11-4-2-1-3-5-11/h1-7,12-13,16,25-26H,8-10H2/t12-,13-,16-/m0/s1. The molecule has 3 rings (SSSR count). The predicted octanol–water partition coefficient (Wildman–Crippen LogP) is 1.01. The molecule has 9 nitrogen and oxygen atoms in total. The van der Waals surface area contributed by atoms with E-state index in [2.05, 4.69) is 9.97 Å². The largest absolute Gasteiger partial charge is 0.445 e. The third kappa shape index (κ3) is 5.11. The van der Waals surface area contributed by atoms with Gasteiger partial charge in [0.05, 0.1) is 25.0 Å². The Morgan fingerprint density at radius 2 is 1.84 bits per heavy atom. The smallest absolute Gasteiger partial charge is 0.434 e. The summed E-state index contributed by atoms with van der Waals surface area (Å²) in [6.07, 6.45) is -8.45. The Bertz CT molecular complexity index is 1040. The normalized spacial score (nSPS) is 22.2. The second kappa shape index (κ2) is 8.77. The summed E-state index contributed by atoms with van der Waals surface area (Å²) < 4.78 is 69.4. The van der Waals surface area contributed by atoms with Crippen LogP contribution in [0.2, 0.25) is 0 Å². The van der Waals surface area contributed by atoms with Crippen molar-refractivity contribution < 1.29 is 41.3 Å². The highest BCUT2D eigenvalue weighted by molar-refractivity contribution is 7.92. The molecule has 1 saturated heterocycles. The number of alkyl halides is 3. The Kier molecular flexibility index (Phi) is 6.48. The molecule has 2 N–H and O–H groups in total. The number of carbonyl (C=O) groups excluding carboxylic acids is 1. The van der Waals surface area contributed by atoms with Crippen molar-refractivity contribution in [3.63, 3.8) is 0 Å². The van der Waals surface area contributed by atoms with Gasteiger partial charge in [-0.1, -0.05) is 30.3 Å². The van der Waals surface area contributed by atoms with Crippen molar-refractivity contribution in [1.82, 2.24) is 14.9 Å². The fourth-order valence-corrected chi connectivity index (χ4v) is 4.67. The van der Waals surface area contributed by atoms with Crippen LogP contribution < -0.4 is 0 Å². The minimum Gasteiger partial charge on any atom is -0.445 e. The lowest BCUT2D eigenvalue weighted by Crippen LogP contribution is -2.59. The number of likely N-dealkylation sites (tertiary alicyclic amines) is 1. The molecule has 0 saturated carbocycles. The molecule has 1 amide bonds. The molecule has 0 aliphatic carbocycles. The number of amides is 1. The molecule has 2 heterocycles. The van der Waals surface area contributed by atoms with Gasteiger partial charge in [-0.3, -0.25) is 4.98 Å². The van der Waals surface area contributed by atoms with Crippen LogP contribution in [0.3, 0.4) is 0 Å². The first kappa shape index (κ1) is 22.9. The number of β-amino-alcohol motifs (C(OH)–C–C–N with tert-alkyl or cyclic N) is 1. The fraction of sp³-hybridized carbons (Fsp3) is 0.389. The average molecular weight is 461 g/mol. The molecule has 1 fully saturated rings. The molecule has 1 aliphatic rings. The minimum absolute atomic E-state index is 0.120. The first-order valence-electron chi connectivity index (χ1n) is 8.95. The first-order valence-corrected chi connectivity index (χ1v) is 10.5. The number of aromatic nitrogens is 2. The molecule has 3 atom stereocenters. The van der Waals surface area contributed by atoms with Gasteiger partial charge in [0.15, 0.2) is 10.7 Å². The molecule has 1 aromatic carbocycles. The topological polar surface area (TPSA) is 130 Å². The number of benzene rings is 1. The number of hydrogen-bond acceptors (Lipinski definition) is 8. The van der Waals surface area contributed by atoms with Gasteiger partial charge in [-0.05, 0) is 5.56 Å². The molecule has 0 bridgehead atoms. The quantitative estimate of drug-likeness (QED) is 0.690. The number of ether oxygens (including phenoxy) is 1. The number of aliphatic hydroxyl groups excluding tert-OH is 2. The van der Waals surface area contributed by atoms with Gasteiger partial charge >= 0.3 is 12.3 Å². The van der Waals surface area contributed by atoms with Crippen LogP contribution in [-0.4, -0.2) is 70.1 Å². The number of rotatable bonds is 4. The maximum atomic E-state index is 12.9. The summed E-state index contributed by atoms with van der Waals surface area (Å²) in [5, 5.41) is 17.4. The van der Waals surface area contributed by atoms with E-state index in [0.717, 1.165) is 4.90 Å². The van der Waals surface area contributed by atoms with Crippen molar-refractivity contribution >= 4 is 15.9 Å². The summed E-state index contributed by atoms with van der Waals surface area (Å²) in [6, 6.07) is 8.61. The third-order valence-corrected chi connectivity index (χ3v) is 6.64. The lowest BCUT2D eigenvalue weighted by Gasteiger charge is -2.37. The number of carbonyl (C=O) groups is 1. The Labute approximate surface area is 175 Å². The van der Waals surface area contributed by atoms with E-state index in [1.807, 2.05) is 0 Å². The van der Waals surface area contributed by atoms with Crippen LogP contribution >= 0.6 is 0 Å². The molecular formula is C18H18F3N3O6S. The van der Waals surface area contributed by atoms with E-state index >= 15 is 0 Å². The van der Waals surface area contributed by atoms with Crippen molar-refractivity contribution in [2.45, 2.75) is 35.3 Å². The Morgan fingerprint density at radius 3 is 2.48 bits per heavy atom. The Hall–Kier alpha value is -2.77. The van der Waals surface area contributed by atoms with E-state index in [0.29, 0.717) is 18.0 Å². The second-order valence-corrected chi connectivity index (χ2v) is 8.94. The van der Waals surface area contributed by atoms with E-state index in [-0.39, 0.29) is 6.61 Å². The molecule has 0 unspecified atom stereocenters. The van der Waals surface area contributed by atoms with Gasteiger partial charge in [-0.15, -0.1) is 0 Å². The summed E-state index contributed by atoms with van der Waals surface area (Å²) in [5.41, 5.74) is -0.865. The molecule has 31 heavy (non-hydrogen) atoms. The summed E-state index contributed by atoms with van der Waals surface area (Å²) in [6.45, 7) is -1.16. The molecular weight excluding hydrogens is 443 g/mol. The number of nitrogens with zero attached hydrogens (tertiary/aromatic N) is 3. The van der Waals surface area contributed by atoms with Gasteiger partial charge < -0.3 is 19.8 Å². The maximum Gasteiger partial charge on any atom is 0.434 e. The number of hydrogen-bond donors (Lipinski definition) is 2. The van der Waals surface area contributed by atoms with Gasteiger partial charge in [0.25, 0.3) is 0 Å². The van der Waals surface area contributed by atoms with E-state index in [4.69, 9.17) is 4.74 Å². The first-order chi connectivity index (χ1) is 14.5. The highest BCUT2D eigenvalue weighted by Gasteiger charge is 2.46. The average Bonchev–Trinajstić information content (AvgIpc) is 2.74. The number of piperidine rings is 1. The van der Waals surface area contributed by atoms with Crippen LogP contribution in [0.4, 0.5) is 18.0 Å². The molecule has 1 aliphatic heterocycles. The number of aliphatic hydroxyl groups is 2. The maximum absolute atomic E-state index is 12.9. The van der Waals surface area contributed by atoms with Crippen LogP contribution in [-0.2, 0) is 27.4 Å². The molecule has 2 aromatic rings. The summed E-state index contributed by atoms with van der Waals surface area (Å²) in [7, 11) is -4.69. The van der Waals surface area contributed by atoms with Crippen molar-refractivity contribution in [2.75, 3.05) is 13.1 Å². The molecule has 0 radical (unpaired) electrons. The highest BCUT2D eigenvalue weighted by atomic mass is 32.2. The van der Waals surface area contributed by atoms with Crippen LogP contribution in [0.15, 0.2) is 47.8 Å². The fourth-order valence-electron chi connectivity index (χ4n) is 3.00. The zero-order valence-electron chi connectivity index (χ0n) is 15.8. The third-order valence-electron chi connectivity index (χ3n) is 4.64. The van der Waals surface area contributed by atoms with E-state index in [1.165, 1.54) is 0 Å². The van der Waals surface area contributed by atoms with Gasteiger partial charge in [0.2, 0.25) is 9.84 Å². The lowest BCUT2D eigenvalue weighted by molar-refractivity contribution is -0.141. The molecule has 13 heteroatoms. The van der Waals surface area contributed by atoms with Crippen LogP contribution in [0.1, 0.15) is 11.3 Å². The highest BCUT2D eigenvalue weighted by Crippen LogP contribution is 2.29. The summed E-state index contributed by atoms with van der Waals surface area (Å²) in [5.74, 6) is 0. The lowest BCUT2D eigenvalue weighted by atomic mass is 10.1. The minimum atomic E-state index is -4.93.